The molecule has 21 heavy (non-hydrogen) atoms. The maximum Gasteiger partial charge on any atom is 0.191 e. The van der Waals surface area contributed by atoms with Gasteiger partial charge in [-0.05, 0) is 36.1 Å². The van der Waals surface area contributed by atoms with Gasteiger partial charge in [-0.1, -0.05) is 0 Å². The lowest BCUT2D eigenvalue weighted by molar-refractivity contribution is 0.00528. The van der Waals surface area contributed by atoms with Crippen molar-refractivity contribution in [1.29, 1.82) is 0 Å². The number of aliphatic imine (C=N–C) groups is 1. The molecule has 2 N–H and O–H groups in total. The van der Waals surface area contributed by atoms with Gasteiger partial charge in [0.1, 0.15) is 6.54 Å². The van der Waals surface area contributed by atoms with E-state index in [2.05, 4.69) is 20.5 Å². The fraction of sp³-hybridized carbons (Fsp3) is 0.833. The van der Waals surface area contributed by atoms with Crippen LogP contribution in [0.5, 0.6) is 0 Å². The van der Waals surface area contributed by atoms with Gasteiger partial charge >= 0.3 is 0 Å². The van der Waals surface area contributed by atoms with Crippen LogP contribution >= 0.6 is 24.0 Å². The van der Waals surface area contributed by atoms with E-state index in [1.807, 2.05) is 16.5 Å². The van der Waals surface area contributed by atoms with E-state index >= 15 is 0 Å². The van der Waals surface area contributed by atoms with Gasteiger partial charge in [0.15, 0.2) is 11.8 Å². The fourth-order valence-electron chi connectivity index (χ4n) is 2.30. The molecule has 0 aromatic carbocycles. The van der Waals surface area contributed by atoms with Crippen molar-refractivity contribution in [2.24, 2.45) is 16.6 Å². The van der Waals surface area contributed by atoms with Crippen LogP contribution in [0, 0.1) is 5.92 Å². The highest BCUT2D eigenvalue weighted by Crippen LogP contribution is 2.30. The molecule has 1 aromatic rings. The van der Waals surface area contributed by atoms with Gasteiger partial charge in [0.05, 0.1) is 12.7 Å². The zero-order chi connectivity index (χ0) is 13.9. The van der Waals surface area contributed by atoms with Crippen LogP contribution < -0.4 is 5.73 Å². The Hall–Kier alpha value is -0.970. The summed E-state index contributed by atoms with van der Waals surface area (Å²) in [6.45, 7) is 5.62. The Bertz CT molecular complexity index is 488. The lowest BCUT2D eigenvalue weighted by Crippen LogP contribution is -2.47. The highest BCUT2D eigenvalue weighted by atomic mass is 127. The van der Waals surface area contributed by atoms with Crippen molar-refractivity contribution in [3.8, 4) is 0 Å². The summed E-state index contributed by atoms with van der Waals surface area (Å²) in [6, 6.07) is 0. The van der Waals surface area contributed by atoms with Gasteiger partial charge in [-0.15, -0.1) is 29.1 Å². The molecule has 0 spiro atoms. The van der Waals surface area contributed by atoms with E-state index in [0.29, 0.717) is 19.1 Å². The van der Waals surface area contributed by atoms with Gasteiger partial charge in [-0.3, -0.25) is 0 Å². The van der Waals surface area contributed by atoms with Gasteiger partial charge in [-0.25, -0.2) is 9.67 Å². The molecule has 1 aliphatic heterocycles. The van der Waals surface area contributed by atoms with E-state index in [1.54, 1.807) is 0 Å². The van der Waals surface area contributed by atoms with Gasteiger partial charge in [0.2, 0.25) is 0 Å². The number of tetrazole rings is 1. The summed E-state index contributed by atoms with van der Waals surface area (Å²) in [5.74, 6) is 2.06. The van der Waals surface area contributed by atoms with Crippen LogP contribution in [0.2, 0.25) is 0 Å². The van der Waals surface area contributed by atoms with Crippen LogP contribution in [0.4, 0.5) is 0 Å². The summed E-state index contributed by atoms with van der Waals surface area (Å²) in [7, 11) is 0. The zero-order valence-corrected chi connectivity index (χ0v) is 14.5. The number of aromatic nitrogens is 4. The van der Waals surface area contributed by atoms with Crippen LogP contribution in [-0.4, -0.2) is 56.9 Å². The highest BCUT2D eigenvalue weighted by Gasteiger charge is 2.24. The Balaban J connectivity index is 0.00000161. The summed E-state index contributed by atoms with van der Waals surface area (Å²) in [6.07, 6.45) is 2.74. The molecule has 2 heterocycles. The summed E-state index contributed by atoms with van der Waals surface area (Å²) in [4.78, 5) is 6.46. The number of nitrogens with zero attached hydrogens (tertiary/aromatic N) is 6. The van der Waals surface area contributed by atoms with Crippen LogP contribution in [0.15, 0.2) is 4.99 Å². The average Bonchev–Trinajstić information content (AvgIpc) is 3.14. The van der Waals surface area contributed by atoms with Crippen molar-refractivity contribution < 1.29 is 4.74 Å². The molecule has 3 rings (SSSR count). The molecular formula is C12H22IN7O. The van der Waals surface area contributed by atoms with E-state index in [9.17, 15) is 0 Å². The Morgan fingerprint density at radius 3 is 3.00 bits per heavy atom. The number of guanidine groups is 1. The van der Waals surface area contributed by atoms with Gasteiger partial charge < -0.3 is 15.4 Å². The summed E-state index contributed by atoms with van der Waals surface area (Å²) >= 11 is 0. The number of morpholine rings is 1. The van der Waals surface area contributed by atoms with E-state index in [0.717, 1.165) is 31.4 Å². The summed E-state index contributed by atoms with van der Waals surface area (Å²) < 4.78 is 7.33. The molecule has 1 aromatic heterocycles. The van der Waals surface area contributed by atoms with E-state index < -0.39 is 0 Å². The Labute approximate surface area is 141 Å². The van der Waals surface area contributed by atoms with E-state index in [1.165, 1.54) is 12.8 Å². The second-order valence-corrected chi connectivity index (χ2v) is 5.52. The largest absolute Gasteiger partial charge is 0.375 e. The SMILES string of the molecule is CC1CN(C(N)=NCc2nnnn2CC2CC2)CCO1.I. The first kappa shape index (κ1) is 16.4. The minimum atomic E-state index is 0. The first-order chi connectivity index (χ1) is 9.72. The minimum absolute atomic E-state index is 0. The molecule has 118 valence electrons. The lowest BCUT2D eigenvalue weighted by Gasteiger charge is -2.31. The number of nitrogens with two attached hydrogens (primary N) is 1. The second-order valence-electron chi connectivity index (χ2n) is 5.52. The molecule has 0 radical (unpaired) electrons. The average molecular weight is 407 g/mol. The maximum absolute atomic E-state index is 6.03. The fourth-order valence-corrected chi connectivity index (χ4v) is 2.30. The molecular weight excluding hydrogens is 385 g/mol. The maximum atomic E-state index is 6.03. The van der Waals surface area contributed by atoms with Crippen LogP contribution in [0.1, 0.15) is 25.6 Å². The van der Waals surface area contributed by atoms with Crippen LogP contribution in [0.25, 0.3) is 0 Å². The van der Waals surface area contributed by atoms with Crippen LogP contribution in [0.3, 0.4) is 0 Å². The van der Waals surface area contributed by atoms with Gasteiger partial charge in [-0.2, -0.15) is 0 Å². The minimum Gasteiger partial charge on any atom is -0.375 e. The van der Waals surface area contributed by atoms with E-state index in [4.69, 9.17) is 10.5 Å². The highest BCUT2D eigenvalue weighted by molar-refractivity contribution is 14.0. The summed E-state index contributed by atoms with van der Waals surface area (Å²) in [5.41, 5.74) is 6.03. The molecule has 1 aliphatic carbocycles. The molecule has 8 nitrogen and oxygen atoms in total. The number of rotatable bonds is 4. The normalized spacial score (nSPS) is 23.0. The van der Waals surface area contributed by atoms with Crippen molar-refractivity contribution in [2.75, 3.05) is 19.7 Å². The van der Waals surface area contributed by atoms with Crippen LogP contribution in [-0.2, 0) is 17.8 Å². The van der Waals surface area contributed by atoms with Crippen molar-refractivity contribution in [1.82, 2.24) is 25.1 Å². The Morgan fingerprint density at radius 2 is 2.29 bits per heavy atom. The molecule has 1 unspecified atom stereocenters. The second kappa shape index (κ2) is 7.34. The quantitative estimate of drug-likeness (QED) is 0.437. The third kappa shape index (κ3) is 4.50. The molecule has 1 atom stereocenters. The number of hydrogen-bond acceptors (Lipinski definition) is 5. The van der Waals surface area contributed by atoms with Crippen molar-refractivity contribution in [2.45, 2.75) is 39.0 Å². The number of hydrogen-bond donors (Lipinski definition) is 1. The van der Waals surface area contributed by atoms with Crippen molar-refractivity contribution in [3.05, 3.63) is 5.82 Å². The molecule has 2 fully saturated rings. The van der Waals surface area contributed by atoms with Crippen molar-refractivity contribution in [3.63, 3.8) is 0 Å². The standard InChI is InChI=1S/C12H21N7O.HI/c1-9-7-18(4-5-20-9)12(13)14-6-11-15-16-17-19(11)8-10-2-3-10;/h9-10H,2-8H2,1H3,(H2,13,14);1H. The molecule has 9 heteroatoms. The van der Waals surface area contributed by atoms with E-state index in [-0.39, 0.29) is 30.1 Å². The Morgan fingerprint density at radius 1 is 1.48 bits per heavy atom. The predicted molar refractivity (Wildman–Crippen MR) is 88.3 cm³/mol. The molecule has 0 amide bonds. The zero-order valence-electron chi connectivity index (χ0n) is 12.2. The molecule has 1 saturated carbocycles. The van der Waals surface area contributed by atoms with Gasteiger partial charge in [0.25, 0.3) is 0 Å². The van der Waals surface area contributed by atoms with Crippen molar-refractivity contribution >= 4 is 29.9 Å². The number of halogens is 1. The number of ether oxygens (including phenoxy) is 1. The predicted octanol–water partition coefficient (Wildman–Crippen LogP) is 0.236. The Kier molecular flexibility index (Phi) is 5.73. The first-order valence-electron chi connectivity index (χ1n) is 7.14. The third-order valence-corrected chi connectivity index (χ3v) is 3.68. The lowest BCUT2D eigenvalue weighted by atomic mass is 10.3. The third-order valence-electron chi connectivity index (χ3n) is 3.68. The smallest absolute Gasteiger partial charge is 0.191 e. The molecule has 2 aliphatic rings. The molecule has 0 bridgehead atoms. The monoisotopic (exact) mass is 407 g/mol. The molecule has 1 saturated heterocycles. The first-order valence-corrected chi connectivity index (χ1v) is 7.14. The topological polar surface area (TPSA) is 94.5 Å². The van der Waals surface area contributed by atoms with Gasteiger partial charge in [0, 0.05) is 19.6 Å². The summed E-state index contributed by atoms with van der Waals surface area (Å²) in [5, 5.41) is 11.8.